The lowest BCUT2D eigenvalue weighted by molar-refractivity contribution is -0.130. The Hall–Kier alpha value is -2.96. The van der Waals surface area contributed by atoms with Crippen LogP contribution in [0, 0.1) is 5.82 Å². The third-order valence-corrected chi connectivity index (χ3v) is 5.03. The molecule has 0 unspecified atom stereocenters. The number of carbonyl (C=O) groups is 1. The van der Waals surface area contributed by atoms with Crippen LogP contribution in [0.25, 0.3) is 11.0 Å². The summed E-state index contributed by atoms with van der Waals surface area (Å²) in [6.45, 7) is 2.86. The average molecular weight is 353 g/mol. The molecule has 1 aliphatic heterocycles. The van der Waals surface area contributed by atoms with Crippen molar-refractivity contribution in [2.75, 3.05) is 18.4 Å². The number of benzene rings is 1. The zero-order chi connectivity index (χ0) is 18.1. The van der Waals surface area contributed by atoms with E-state index >= 15 is 0 Å². The van der Waals surface area contributed by atoms with Crippen LogP contribution in [0.1, 0.15) is 24.8 Å². The van der Waals surface area contributed by atoms with Crippen LogP contribution >= 0.6 is 0 Å². The van der Waals surface area contributed by atoms with Crippen molar-refractivity contribution in [1.82, 2.24) is 19.9 Å². The lowest BCUT2D eigenvalue weighted by atomic mass is 9.85. The largest absolute Gasteiger partial charge is 0.364 e. The van der Waals surface area contributed by atoms with E-state index in [0.29, 0.717) is 13.1 Å². The number of nitrogens with one attached hydrogen (secondary N) is 2. The molecule has 134 valence electrons. The second-order valence-electron chi connectivity index (χ2n) is 6.62. The lowest BCUT2D eigenvalue weighted by Crippen LogP contribution is -2.48. The Kier molecular flexibility index (Phi) is 4.28. The molecule has 0 saturated carbocycles. The van der Waals surface area contributed by atoms with Crippen molar-refractivity contribution >= 4 is 22.8 Å². The first-order valence-electron chi connectivity index (χ1n) is 8.67. The van der Waals surface area contributed by atoms with Gasteiger partial charge >= 0.3 is 0 Å². The molecule has 0 radical (unpaired) electrons. The molecular weight excluding hydrogens is 333 g/mol. The summed E-state index contributed by atoms with van der Waals surface area (Å²) in [5.74, 6) is 0.710. The molecule has 1 fully saturated rings. The summed E-state index contributed by atoms with van der Waals surface area (Å²) >= 11 is 0. The van der Waals surface area contributed by atoms with Crippen molar-refractivity contribution in [3.63, 3.8) is 0 Å². The first kappa shape index (κ1) is 16.5. The van der Waals surface area contributed by atoms with E-state index in [-0.39, 0.29) is 23.7 Å². The number of likely N-dealkylation sites (tertiary alicyclic amines) is 1. The topological polar surface area (TPSA) is 73.9 Å². The van der Waals surface area contributed by atoms with Gasteiger partial charge in [0.2, 0.25) is 5.91 Å². The normalized spacial score (nSPS) is 20.3. The van der Waals surface area contributed by atoms with Crippen LogP contribution in [-0.4, -0.2) is 44.9 Å². The molecule has 0 spiro atoms. The van der Waals surface area contributed by atoms with Gasteiger partial charge in [-0.3, -0.25) is 4.79 Å². The van der Waals surface area contributed by atoms with Gasteiger partial charge in [0, 0.05) is 32.1 Å². The Morgan fingerprint density at radius 3 is 2.85 bits per heavy atom. The number of fused-ring (bicyclic) bond motifs is 1. The van der Waals surface area contributed by atoms with Gasteiger partial charge in [-0.2, -0.15) is 0 Å². The average Bonchev–Trinajstić information content (AvgIpc) is 3.12. The minimum Gasteiger partial charge on any atom is -0.364 e. The summed E-state index contributed by atoms with van der Waals surface area (Å²) < 4.78 is 13.3. The molecule has 26 heavy (non-hydrogen) atoms. The number of piperidine rings is 1. The number of hydrogen-bond donors (Lipinski definition) is 2. The van der Waals surface area contributed by atoms with E-state index in [2.05, 4.69) is 20.3 Å². The number of aromatic amines is 1. The monoisotopic (exact) mass is 353 g/mol. The van der Waals surface area contributed by atoms with E-state index in [4.69, 9.17) is 0 Å². The molecule has 3 heterocycles. The number of anilines is 1. The van der Waals surface area contributed by atoms with Gasteiger partial charge in [-0.25, -0.2) is 14.4 Å². The number of halogens is 1. The van der Waals surface area contributed by atoms with Crippen LogP contribution in [0.15, 0.2) is 42.9 Å². The van der Waals surface area contributed by atoms with Gasteiger partial charge in [0.15, 0.2) is 0 Å². The quantitative estimate of drug-likeness (QED) is 0.759. The highest BCUT2D eigenvalue weighted by Crippen LogP contribution is 2.31. The van der Waals surface area contributed by atoms with Crippen molar-refractivity contribution in [1.29, 1.82) is 0 Å². The summed E-state index contributed by atoms with van der Waals surface area (Å²) in [7, 11) is 0. The molecule has 1 aromatic carbocycles. The van der Waals surface area contributed by atoms with Crippen LogP contribution in [0.3, 0.4) is 0 Å². The molecule has 0 bridgehead atoms. The smallest absolute Gasteiger partial charge is 0.219 e. The standard InChI is InChI=1S/C19H20FN5O/c1-12(26)25-9-7-15(13-2-4-14(20)5-3-13)17(10-25)24-19-16-6-8-21-18(16)22-11-23-19/h2-6,8,11,15,17H,7,9-10H2,1H3,(H2,21,22,23,24)/t15-,17+/m1/s1. The molecule has 6 nitrogen and oxygen atoms in total. The summed E-state index contributed by atoms with van der Waals surface area (Å²) in [5.41, 5.74) is 1.83. The van der Waals surface area contributed by atoms with Gasteiger partial charge < -0.3 is 15.2 Å². The van der Waals surface area contributed by atoms with Gasteiger partial charge in [-0.1, -0.05) is 12.1 Å². The second kappa shape index (κ2) is 6.74. The van der Waals surface area contributed by atoms with Crippen LogP contribution in [0.4, 0.5) is 10.2 Å². The van der Waals surface area contributed by atoms with E-state index < -0.39 is 0 Å². The fourth-order valence-electron chi connectivity index (χ4n) is 3.66. The van der Waals surface area contributed by atoms with E-state index in [9.17, 15) is 9.18 Å². The highest BCUT2D eigenvalue weighted by Gasteiger charge is 2.32. The third kappa shape index (κ3) is 3.12. The zero-order valence-electron chi connectivity index (χ0n) is 14.4. The Balaban J connectivity index is 1.66. The van der Waals surface area contributed by atoms with Crippen molar-refractivity contribution in [3.05, 3.63) is 54.2 Å². The highest BCUT2D eigenvalue weighted by atomic mass is 19.1. The molecule has 4 rings (SSSR count). The predicted molar refractivity (Wildman–Crippen MR) is 97.3 cm³/mol. The van der Waals surface area contributed by atoms with Gasteiger partial charge in [0.25, 0.3) is 0 Å². The summed E-state index contributed by atoms with van der Waals surface area (Å²) in [5, 5.41) is 4.41. The van der Waals surface area contributed by atoms with Gasteiger partial charge in [0.05, 0.1) is 11.4 Å². The van der Waals surface area contributed by atoms with Crippen LogP contribution in [0.2, 0.25) is 0 Å². The SMILES string of the molecule is CC(=O)N1CC[C@H](c2ccc(F)cc2)[C@@H](Nc2ncnc3[nH]ccc23)C1. The van der Waals surface area contributed by atoms with Crippen molar-refractivity contribution < 1.29 is 9.18 Å². The predicted octanol–water partition coefficient (Wildman–Crippen LogP) is 2.91. The van der Waals surface area contributed by atoms with Crippen LogP contribution < -0.4 is 5.32 Å². The molecule has 1 amide bonds. The molecular formula is C19H20FN5O. The third-order valence-electron chi connectivity index (χ3n) is 5.03. The minimum atomic E-state index is -0.246. The molecule has 3 aromatic rings. The molecule has 1 aliphatic rings. The van der Waals surface area contributed by atoms with Crippen molar-refractivity contribution in [2.24, 2.45) is 0 Å². The van der Waals surface area contributed by atoms with Gasteiger partial charge in [-0.05, 0) is 30.2 Å². The molecule has 0 aliphatic carbocycles. The number of nitrogens with zero attached hydrogens (tertiary/aromatic N) is 3. The van der Waals surface area contributed by atoms with Crippen molar-refractivity contribution in [3.8, 4) is 0 Å². The molecule has 2 aromatic heterocycles. The van der Waals surface area contributed by atoms with Crippen molar-refractivity contribution in [2.45, 2.75) is 25.3 Å². The summed E-state index contributed by atoms with van der Waals surface area (Å²) in [4.78, 5) is 25.4. The maximum Gasteiger partial charge on any atom is 0.219 e. The van der Waals surface area contributed by atoms with Gasteiger partial charge in [0.1, 0.15) is 23.6 Å². The Morgan fingerprint density at radius 2 is 2.08 bits per heavy atom. The maximum absolute atomic E-state index is 13.3. The molecule has 7 heteroatoms. The Labute approximate surface area is 150 Å². The molecule has 2 N–H and O–H groups in total. The highest BCUT2D eigenvalue weighted by molar-refractivity contribution is 5.86. The lowest BCUT2D eigenvalue weighted by Gasteiger charge is -2.39. The van der Waals surface area contributed by atoms with E-state index in [1.807, 2.05) is 29.3 Å². The number of H-pyrrole nitrogens is 1. The van der Waals surface area contributed by atoms with E-state index in [1.165, 1.54) is 18.5 Å². The second-order valence-corrected chi connectivity index (χ2v) is 6.62. The first-order valence-corrected chi connectivity index (χ1v) is 8.67. The van der Waals surface area contributed by atoms with E-state index in [1.54, 1.807) is 6.92 Å². The number of rotatable bonds is 3. The fourth-order valence-corrected chi connectivity index (χ4v) is 3.66. The number of amides is 1. The van der Waals surface area contributed by atoms with Crippen LogP contribution in [-0.2, 0) is 4.79 Å². The zero-order valence-corrected chi connectivity index (χ0v) is 14.4. The molecule has 2 atom stereocenters. The number of hydrogen-bond acceptors (Lipinski definition) is 4. The van der Waals surface area contributed by atoms with Gasteiger partial charge in [-0.15, -0.1) is 0 Å². The number of carbonyl (C=O) groups excluding carboxylic acids is 1. The Bertz CT molecular complexity index is 923. The maximum atomic E-state index is 13.3. The summed E-state index contributed by atoms with van der Waals surface area (Å²) in [6.07, 6.45) is 4.15. The summed E-state index contributed by atoms with van der Waals surface area (Å²) in [6, 6.07) is 8.52. The molecule has 1 saturated heterocycles. The minimum absolute atomic E-state index is 0.0221. The van der Waals surface area contributed by atoms with E-state index in [0.717, 1.165) is 28.8 Å². The first-order chi connectivity index (χ1) is 12.6. The fraction of sp³-hybridized carbons (Fsp3) is 0.316. The Morgan fingerprint density at radius 1 is 1.27 bits per heavy atom. The number of aromatic nitrogens is 3. The van der Waals surface area contributed by atoms with Crippen LogP contribution in [0.5, 0.6) is 0 Å².